The lowest BCUT2D eigenvalue weighted by Gasteiger charge is -2.07. The quantitative estimate of drug-likeness (QED) is 0.720. The van der Waals surface area contributed by atoms with Gasteiger partial charge in [0.15, 0.2) is 0 Å². The predicted molar refractivity (Wildman–Crippen MR) is 82.3 cm³/mol. The maximum atomic E-state index is 6.10. The van der Waals surface area contributed by atoms with Crippen LogP contribution >= 0.6 is 11.6 Å². The second kappa shape index (κ2) is 5.04. The van der Waals surface area contributed by atoms with E-state index in [1.807, 2.05) is 12.1 Å². The van der Waals surface area contributed by atoms with E-state index >= 15 is 0 Å². The van der Waals surface area contributed by atoms with Gasteiger partial charge in [-0.2, -0.15) is 0 Å². The van der Waals surface area contributed by atoms with Crippen molar-refractivity contribution in [3.63, 3.8) is 0 Å². The second-order valence-corrected chi connectivity index (χ2v) is 4.98. The van der Waals surface area contributed by atoms with Gasteiger partial charge in [-0.3, -0.25) is 0 Å². The first kappa shape index (κ1) is 12.2. The Kier molecular flexibility index (Phi) is 3.24. The van der Waals surface area contributed by atoms with E-state index in [-0.39, 0.29) is 0 Å². The molecule has 0 aliphatic rings. The molecule has 0 amide bonds. The number of benzene rings is 3. The number of hydrogen-bond acceptors (Lipinski definition) is 1. The first-order valence-electron chi connectivity index (χ1n) is 6.25. The van der Waals surface area contributed by atoms with Gasteiger partial charge < -0.3 is 5.73 Å². The van der Waals surface area contributed by atoms with E-state index in [2.05, 4.69) is 48.5 Å². The highest BCUT2D eigenvalue weighted by molar-refractivity contribution is 6.31. The smallest absolute Gasteiger partial charge is 0.0451 e. The fourth-order valence-electron chi connectivity index (χ4n) is 2.28. The summed E-state index contributed by atoms with van der Waals surface area (Å²) in [7, 11) is 0. The van der Waals surface area contributed by atoms with E-state index in [4.69, 9.17) is 17.3 Å². The third-order valence-corrected chi connectivity index (χ3v) is 3.72. The Bertz CT molecular complexity index is 734. The van der Waals surface area contributed by atoms with Gasteiger partial charge in [0.25, 0.3) is 0 Å². The monoisotopic (exact) mass is 267 g/mol. The molecule has 0 saturated carbocycles. The van der Waals surface area contributed by atoms with Crippen LogP contribution in [0, 0.1) is 0 Å². The average molecular weight is 268 g/mol. The first-order chi connectivity index (χ1) is 9.28. The fraction of sp³-hybridized carbons (Fsp3) is 0.0588. The largest absolute Gasteiger partial charge is 0.326 e. The molecule has 1 nitrogen and oxygen atoms in total. The van der Waals surface area contributed by atoms with E-state index in [1.165, 1.54) is 16.3 Å². The molecule has 2 heteroatoms. The molecule has 0 heterocycles. The van der Waals surface area contributed by atoms with Gasteiger partial charge in [-0.1, -0.05) is 54.1 Å². The van der Waals surface area contributed by atoms with Crippen LogP contribution < -0.4 is 5.73 Å². The molecule has 3 rings (SSSR count). The molecule has 0 aromatic heterocycles. The predicted octanol–water partition coefficient (Wildman–Crippen LogP) is 4.62. The number of nitrogens with two attached hydrogens (primary N) is 1. The summed E-state index contributed by atoms with van der Waals surface area (Å²) >= 11 is 6.10. The van der Waals surface area contributed by atoms with Gasteiger partial charge in [-0.15, -0.1) is 0 Å². The van der Waals surface area contributed by atoms with E-state index in [9.17, 15) is 0 Å². The van der Waals surface area contributed by atoms with Gasteiger partial charge in [0, 0.05) is 11.6 Å². The lowest BCUT2D eigenvalue weighted by Crippen LogP contribution is -1.97. The Labute approximate surface area is 117 Å². The molecule has 0 aliphatic heterocycles. The molecule has 0 fully saturated rings. The molecule has 0 unspecified atom stereocenters. The van der Waals surface area contributed by atoms with Crippen molar-refractivity contribution < 1.29 is 0 Å². The van der Waals surface area contributed by atoms with Crippen molar-refractivity contribution >= 4 is 22.4 Å². The molecule has 94 valence electrons. The Morgan fingerprint density at radius 1 is 0.789 bits per heavy atom. The normalized spacial score (nSPS) is 10.8. The van der Waals surface area contributed by atoms with Crippen LogP contribution in [-0.2, 0) is 6.54 Å². The van der Waals surface area contributed by atoms with Crippen molar-refractivity contribution in [2.75, 3.05) is 0 Å². The van der Waals surface area contributed by atoms with Crippen LogP contribution in [0.3, 0.4) is 0 Å². The standard InChI is InChI=1S/C17H14ClN/c18-17-8-7-15(10-16(17)11-19)14-6-5-12-3-1-2-4-13(12)9-14/h1-10H,11,19H2. The Hall–Kier alpha value is -1.83. The minimum absolute atomic E-state index is 0.459. The van der Waals surface area contributed by atoms with Crippen LogP contribution in [0.25, 0.3) is 21.9 Å². The Morgan fingerprint density at radius 2 is 1.47 bits per heavy atom. The maximum absolute atomic E-state index is 6.10. The van der Waals surface area contributed by atoms with Crippen molar-refractivity contribution in [1.82, 2.24) is 0 Å². The Balaban J connectivity index is 2.13. The molecule has 0 aliphatic carbocycles. The first-order valence-corrected chi connectivity index (χ1v) is 6.63. The van der Waals surface area contributed by atoms with Crippen LogP contribution in [0.4, 0.5) is 0 Å². The average Bonchev–Trinajstić information content (AvgIpc) is 2.47. The lowest BCUT2D eigenvalue weighted by atomic mass is 10.00. The molecule has 0 radical (unpaired) electrons. The van der Waals surface area contributed by atoms with E-state index in [0.717, 1.165) is 16.1 Å². The SMILES string of the molecule is NCc1cc(-c2ccc3ccccc3c2)ccc1Cl. The lowest BCUT2D eigenvalue weighted by molar-refractivity contribution is 1.07. The minimum Gasteiger partial charge on any atom is -0.326 e. The zero-order chi connectivity index (χ0) is 13.2. The van der Waals surface area contributed by atoms with Crippen LogP contribution in [-0.4, -0.2) is 0 Å². The molecule has 0 bridgehead atoms. The van der Waals surface area contributed by atoms with E-state index in [1.54, 1.807) is 0 Å². The molecule has 19 heavy (non-hydrogen) atoms. The van der Waals surface area contributed by atoms with E-state index in [0.29, 0.717) is 6.54 Å². The highest BCUT2D eigenvalue weighted by atomic mass is 35.5. The van der Waals surface area contributed by atoms with Crippen LogP contribution in [0.1, 0.15) is 5.56 Å². The number of rotatable bonds is 2. The van der Waals surface area contributed by atoms with Gasteiger partial charge in [0.05, 0.1) is 0 Å². The number of halogens is 1. The zero-order valence-electron chi connectivity index (χ0n) is 10.4. The number of hydrogen-bond donors (Lipinski definition) is 1. The second-order valence-electron chi connectivity index (χ2n) is 4.57. The van der Waals surface area contributed by atoms with Gasteiger partial charge in [0.2, 0.25) is 0 Å². The van der Waals surface area contributed by atoms with Gasteiger partial charge in [-0.05, 0) is 45.7 Å². The minimum atomic E-state index is 0.459. The van der Waals surface area contributed by atoms with Crippen molar-refractivity contribution in [2.45, 2.75) is 6.54 Å². The van der Waals surface area contributed by atoms with Crippen molar-refractivity contribution in [1.29, 1.82) is 0 Å². The van der Waals surface area contributed by atoms with Crippen LogP contribution in [0.5, 0.6) is 0 Å². The highest BCUT2D eigenvalue weighted by Crippen LogP contribution is 2.27. The molecule has 2 N–H and O–H groups in total. The molecule has 0 saturated heterocycles. The molecule has 0 spiro atoms. The fourth-order valence-corrected chi connectivity index (χ4v) is 2.47. The summed E-state index contributed by atoms with van der Waals surface area (Å²) in [6.07, 6.45) is 0. The van der Waals surface area contributed by atoms with Gasteiger partial charge in [-0.25, -0.2) is 0 Å². The molecular formula is C17H14ClN. The van der Waals surface area contributed by atoms with Gasteiger partial charge >= 0.3 is 0 Å². The molecule has 3 aromatic carbocycles. The number of fused-ring (bicyclic) bond motifs is 1. The third kappa shape index (κ3) is 2.35. The van der Waals surface area contributed by atoms with Crippen molar-refractivity contribution in [3.8, 4) is 11.1 Å². The van der Waals surface area contributed by atoms with E-state index < -0.39 is 0 Å². The third-order valence-electron chi connectivity index (χ3n) is 3.35. The highest BCUT2D eigenvalue weighted by Gasteiger charge is 2.03. The summed E-state index contributed by atoms with van der Waals surface area (Å²) in [6.45, 7) is 0.459. The Morgan fingerprint density at radius 3 is 2.26 bits per heavy atom. The summed E-state index contributed by atoms with van der Waals surface area (Å²) in [6, 6.07) is 20.8. The summed E-state index contributed by atoms with van der Waals surface area (Å²) in [5.74, 6) is 0. The summed E-state index contributed by atoms with van der Waals surface area (Å²) in [5, 5.41) is 3.22. The van der Waals surface area contributed by atoms with Crippen LogP contribution in [0.15, 0.2) is 60.7 Å². The summed E-state index contributed by atoms with van der Waals surface area (Å²) in [4.78, 5) is 0. The zero-order valence-corrected chi connectivity index (χ0v) is 11.2. The van der Waals surface area contributed by atoms with Crippen molar-refractivity contribution in [3.05, 3.63) is 71.2 Å². The molecule has 0 atom stereocenters. The molecule has 3 aromatic rings. The molecular weight excluding hydrogens is 254 g/mol. The summed E-state index contributed by atoms with van der Waals surface area (Å²) < 4.78 is 0. The van der Waals surface area contributed by atoms with Crippen molar-refractivity contribution in [2.24, 2.45) is 5.73 Å². The topological polar surface area (TPSA) is 26.0 Å². The summed E-state index contributed by atoms with van der Waals surface area (Å²) in [5.41, 5.74) is 9.02. The van der Waals surface area contributed by atoms with Crippen LogP contribution in [0.2, 0.25) is 5.02 Å². The van der Waals surface area contributed by atoms with Gasteiger partial charge in [0.1, 0.15) is 0 Å². The maximum Gasteiger partial charge on any atom is 0.0451 e.